The molecular formula is C43H56Cl2Zr-2. The van der Waals surface area contributed by atoms with Gasteiger partial charge in [0.2, 0.25) is 0 Å². The fraction of sp³-hybridized carbons (Fsp3) is 0.442. The van der Waals surface area contributed by atoms with Gasteiger partial charge in [0.05, 0.1) is 0 Å². The number of halogens is 2. The topological polar surface area (TPSA) is 0 Å². The van der Waals surface area contributed by atoms with Crippen molar-refractivity contribution in [3.8, 4) is 0 Å². The number of fused-ring (bicyclic) bond motifs is 3. The molecule has 0 aliphatic heterocycles. The minimum Gasteiger partial charge on any atom is -1.00 e. The van der Waals surface area contributed by atoms with E-state index in [1.54, 1.807) is 0 Å². The Morgan fingerprint density at radius 1 is 0.717 bits per heavy atom. The fourth-order valence-corrected chi connectivity index (χ4v) is 6.03. The van der Waals surface area contributed by atoms with E-state index >= 15 is 0 Å². The molecule has 248 valence electrons. The Morgan fingerprint density at radius 3 is 1.50 bits per heavy atom. The first-order chi connectivity index (χ1) is 20.3. The molecule has 0 nitrogen and oxygen atoms in total. The van der Waals surface area contributed by atoms with Crippen LogP contribution < -0.4 is 24.8 Å². The van der Waals surface area contributed by atoms with Gasteiger partial charge in [-0.05, 0) is 10.8 Å². The summed E-state index contributed by atoms with van der Waals surface area (Å²) < 4.78 is 1.46. The third kappa shape index (κ3) is 11.2. The molecule has 0 N–H and O–H groups in total. The number of rotatable bonds is 3. The molecule has 5 rings (SSSR count). The van der Waals surface area contributed by atoms with E-state index in [4.69, 9.17) is 0 Å². The molecule has 0 saturated heterocycles. The quantitative estimate of drug-likeness (QED) is 0.210. The van der Waals surface area contributed by atoms with Crippen LogP contribution in [0, 0.1) is 24.3 Å². The molecule has 1 aliphatic rings. The van der Waals surface area contributed by atoms with Crippen molar-refractivity contribution < 1.29 is 49.0 Å². The average molecular weight is 735 g/mol. The number of hydrogen-bond donors (Lipinski definition) is 0. The fourth-order valence-electron chi connectivity index (χ4n) is 5.62. The van der Waals surface area contributed by atoms with Crippen molar-refractivity contribution in [2.24, 2.45) is 11.3 Å². The van der Waals surface area contributed by atoms with Gasteiger partial charge in [-0.2, -0.15) is 11.6 Å². The summed E-state index contributed by atoms with van der Waals surface area (Å²) in [6, 6.07) is 24.8. The van der Waals surface area contributed by atoms with E-state index in [2.05, 4.69) is 169 Å². The van der Waals surface area contributed by atoms with Crippen LogP contribution in [0.2, 0.25) is 0 Å². The van der Waals surface area contributed by atoms with E-state index in [-0.39, 0.29) is 35.6 Å². The van der Waals surface area contributed by atoms with Crippen molar-refractivity contribution >= 4 is 24.8 Å². The Morgan fingerprint density at radius 2 is 1.17 bits per heavy atom. The summed E-state index contributed by atoms with van der Waals surface area (Å²) in [5, 5.41) is 5.48. The second kappa shape index (κ2) is 17.1. The van der Waals surface area contributed by atoms with Crippen LogP contribution in [0.25, 0.3) is 21.5 Å². The van der Waals surface area contributed by atoms with E-state index < -0.39 is 0 Å². The summed E-state index contributed by atoms with van der Waals surface area (Å²) in [4.78, 5) is 0. The summed E-state index contributed by atoms with van der Waals surface area (Å²) in [7, 11) is 0. The molecule has 4 aromatic rings. The summed E-state index contributed by atoms with van der Waals surface area (Å²) in [5.74, 6) is 0.573. The Labute approximate surface area is 309 Å². The van der Waals surface area contributed by atoms with Crippen LogP contribution in [-0.2, 0) is 35.1 Å². The van der Waals surface area contributed by atoms with Gasteiger partial charge in [-0.3, -0.25) is 6.08 Å². The standard InChI is InChI=1S/C21H25.C13H21.C9H10.2ClH.Zr/c1-20(2,3)16-7-9-18-14(12-16)11-15-13-17(21(4,5)6)8-10-19(15)18;1-6-10-8-11(7-2)12(9-10)13(3,4)5;1-3-9-6-4-8(2)5-7-9;;;/h7-13H,1-6H3;9-10H,6-7H2,1-5H3;4-7H,1-2H3;2*1H;/q2*-1;;;;+2/p-2. The van der Waals surface area contributed by atoms with Gasteiger partial charge in [0.15, 0.2) is 0 Å². The van der Waals surface area contributed by atoms with Crippen molar-refractivity contribution in [1.82, 2.24) is 0 Å². The van der Waals surface area contributed by atoms with Crippen LogP contribution in [-0.4, -0.2) is 3.21 Å². The van der Waals surface area contributed by atoms with Gasteiger partial charge < -0.3 is 24.8 Å². The van der Waals surface area contributed by atoms with Gasteiger partial charge in [-0.25, -0.2) is 5.57 Å². The van der Waals surface area contributed by atoms with Gasteiger partial charge in [0.1, 0.15) is 0 Å². The summed E-state index contributed by atoms with van der Waals surface area (Å²) in [5.41, 5.74) is 9.18. The van der Waals surface area contributed by atoms with Crippen LogP contribution in [0.3, 0.4) is 0 Å². The predicted molar refractivity (Wildman–Crippen MR) is 194 cm³/mol. The predicted octanol–water partition coefficient (Wildman–Crippen LogP) is 6.54. The third-order valence-electron chi connectivity index (χ3n) is 8.57. The zero-order chi connectivity index (χ0) is 33.0. The Kier molecular flexibility index (Phi) is 15.8. The molecule has 0 fully saturated rings. The molecule has 1 atom stereocenters. The maximum atomic E-state index is 3.57. The molecular weight excluding hydrogens is 679 g/mol. The van der Waals surface area contributed by atoms with E-state index in [0.717, 1.165) is 6.42 Å². The normalized spacial score (nSPS) is 14.6. The molecule has 0 amide bonds. The molecule has 0 radical (unpaired) electrons. The Bertz CT molecular complexity index is 1570. The monoisotopic (exact) mass is 732 g/mol. The maximum Gasteiger partial charge on any atom is -1.00 e. The molecule has 1 unspecified atom stereocenters. The molecule has 0 heterocycles. The average Bonchev–Trinajstić information content (AvgIpc) is 3.54. The summed E-state index contributed by atoms with van der Waals surface area (Å²) in [6.07, 6.45) is 8.28. The zero-order valence-electron chi connectivity index (χ0n) is 30.7. The van der Waals surface area contributed by atoms with Gasteiger partial charge in [0.25, 0.3) is 0 Å². The second-order valence-corrected chi connectivity index (χ2v) is 17.4. The van der Waals surface area contributed by atoms with Crippen molar-refractivity contribution in [2.45, 2.75) is 114 Å². The molecule has 46 heavy (non-hydrogen) atoms. The molecule has 0 aromatic heterocycles. The van der Waals surface area contributed by atoms with Crippen LogP contribution in [0.5, 0.6) is 0 Å². The van der Waals surface area contributed by atoms with Crippen molar-refractivity contribution in [1.29, 1.82) is 0 Å². The first-order valence-corrected chi connectivity index (χ1v) is 17.7. The van der Waals surface area contributed by atoms with E-state index in [1.807, 2.05) is 0 Å². The largest absolute Gasteiger partial charge is 1.00 e. The first-order valence-electron chi connectivity index (χ1n) is 16.5. The molecule has 0 spiro atoms. The molecule has 3 heteroatoms. The van der Waals surface area contributed by atoms with Gasteiger partial charge in [-0.1, -0.05) is 136 Å². The molecule has 0 bridgehead atoms. The van der Waals surface area contributed by atoms with Gasteiger partial charge in [0, 0.05) is 0 Å². The SMILES string of the molecule is CC(C)(C)c1ccc2c(c1)[cH-]c1cc(C(C)(C)C)ccc12.CCC1=[C-]C(CC)C=C1C(C)(C)C.C[C](=[Zr+2])c1ccc(C)cc1.[Cl-].[Cl-]. The Hall–Kier alpha value is -1.66. The number of benzene rings is 3. The van der Waals surface area contributed by atoms with Crippen LogP contribution in [0.4, 0.5) is 0 Å². The summed E-state index contributed by atoms with van der Waals surface area (Å²) in [6.45, 7) is 29.2. The van der Waals surface area contributed by atoms with E-state index in [1.165, 1.54) is 88.8 Å². The van der Waals surface area contributed by atoms with Crippen LogP contribution in [0.15, 0.2) is 84.0 Å². The van der Waals surface area contributed by atoms with Crippen molar-refractivity contribution in [2.75, 3.05) is 0 Å². The molecule has 4 aromatic carbocycles. The van der Waals surface area contributed by atoms with Gasteiger partial charge >= 0.3 is 76.7 Å². The number of hydrogen-bond acceptors (Lipinski definition) is 0. The van der Waals surface area contributed by atoms with Crippen LogP contribution >= 0.6 is 0 Å². The minimum atomic E-state index is 0. The van der Waals surface area contributed by atoms with Crippen molar-refractivity contribution in [3.05, 3.63) is 112 Å². The minimum absolute atomic E-state index is 0. The van der Waals surface area contributed by atoms with E-state index in [0.29, 0.717) is 11.3 Å². The number of allylic oxidation sites excluding steroid dienone is 4. The molecule has 1 aliphatic carbocycles. The molecule has 0 saturated carbocycles. The van der Waals surface area contributed by atoms with Gasteiger partial charge in [-0.15, -0.1) is 39.7 Å². The smallest absolute Gasteiger partial charge is 1.00 e. The third-order valence-corrected chi connectivity index (χ3v) is 9.28. The van der Waals surface area contributed by atoms with E-state index in [9.17, 15) is 0 Å². The van der Waals surface area contributed by atoms with Crippen LogP contribution in [0.1, 0.15) is 118 Å². The maximum absolute atomic E-state index is 3.57. The Balaban J connectivity index is 0.000000366. The summed E-state index contributed by atoms with van der Waals surface area (Å²) >= 11 is 1.51. The first kappa shape index (κ1) is 42.4. The second-order valence-electron chi connectivity index (χ2n) is 15.6. The number of aryl methyl sites for hydroxylation is 1. The zero-order valence-corrected chi connectivity index (χ0v) is 34.6. The van der Waals surface area contributed by atoms with Crippen molar-refractivity contribution in [3.63, 3.8) is 0 Å².